The van der Waals surface area contributed by atoms with Gasteiger partial charge in [-0.05, 0) is 25.0 Å². The molecule has 1 aliphatic rings. The van der Waals surface area contributed by atoms with E-state index in [-0.39, 0.29) is 18.0 Å². The van der Waals surface area contributed by atoms with Crippen molar-refractivity contribution in [1.82, 2.24) is 24.3 Å². The predicted octanol–water partition coefficient (Wildman–Crippen LogP) is 1.87. The lowest BCUT2D eigenvalue weighted by atomic mass is 10.1. The summed E-state index contributed by atoms with van der Waals surface area (Å²) in [5, 5.41) is 4.79. The van der Waals surface area contributed by atoms with Gasteiger partial charge in [-0.2, -0.15) is 4.98 Å². The van der Waals surface area contributed by atoms with Gasteiger partial charge in [-0.25, -0.2) is 9.78 Å². The molecule has 11 nitrogen and oxygen atoms in total. The first kappa shape index (κ1) is 21.2. The number of thiazole rings is 1. The van der Waals surface area contributed by atoms with Crippen molar-refractivity contribution in [2.75, 3.05) is 32.2 Å². The van der Waals surface area contributed by atoms with Crippen LogP contribution in [0.5, 0.6) is 11.5 Å². The average molecular weight is 471 g/mol. The predicted molar refractivity (Wildman–Crippen MR) is 123 cm³/mol. The van der Waals surface area contributed by atoms with Crippen LogP contribution in [0.3, 0.4) is 0 Å². The number of aromatic nitrogens is 5. The van der Waals surface area contributed by atoms with E-state index in [0.29, 0.717) is 33.2 Å². The van der Waals surface area contributed by atoms with Crippen molar-refractivity contribution in [1.29, 1.82) is 0 Å². The number of hydrogen-bond acceptors (Lipinski definition) is 10. The van der Waals surface area contributed by atoms with Gasteiger partial charge >= 0.3 is 5.69 Å². The highest BCUT2D eigenvalue weighted by Crippen LogP contribution is 2.36. The summed E-state index contributed by atoms with van der Waals surface area (Å²) >= 11 is 1.30. The minimum atomic E-state index is -0.496. The molecule has 1 fully saturated rings. The van der Waals surface area contributed by atoms with Crippen molar-refractivity contribution >= 4 is 26.8 Å². The lowest BCUT2D eigenvalue weighted by Gasteiger charge is -2.11. The first-order chi connectivity index (χ1) is 16.0. The van der Waals surface area contributed by atoms with Crippen LogP contribution in [0.4, 0.5) is 5.13 Å². The van der Waals surface area contributed by atoms with Crippen LogP contribution in [-0.4, -0.2) is 51.6 Å². The number of hydrogen-bond donors (Lipinski definition) is 0. The molecular formula is C21H22N6O5S. The van der Waals surface area contributed by atoms with Crippen molar-refractivity contribution in [2.24, 2.45) is 7.05 Å². The summed E-state index contributed by atoms with van der Waals surface area (Å²) in [7, 11) is 4.53. The summed E-state index contributed by atoms with van der Waals surface area (Å²) in [6, 6.07) is 5.35. The quantitative estimate of drug-likeness (QED) is 0.416. The largest absolute Gasteiger partial charge is 0.493 e. The zero-order valence-electron chi connectivity index (χ0n) is 18.4. The molecule has 3 aromatic heterocycles. The number of para-hydroxylation sites is 1. The Kier molecular flexibility index (Phi) is 5.36. The molecule has 0 spiro atoms. The van der Waals surface area contributed by atoms with Gasteiger partial charge in [-0.15, -0.1) is 0 Å². The first-order valence-corrected chi connectivity index (χ1v) is 11.2. The van der Waals surface area contributed by atoms with E-state index in [1.165, 1.54) is 30.1 Å². The van der Waals surface area contributed by atoms with E-state index in [2.05, 4.69) is 20.0 Å². The standard InChI is InChI=1S/C21H22N6O5S/c1-25-19(28)16-18(23-20(33-16)26-9-4-5-10-26)27(21(25)29)11-14-22-17(24-32-14)12-7-6-8-13(30-2)15(12)31-3/h6-8H,4-5,9-11H2,1-3H3. The molecule has 1 aliphatic heterocycles. The molecule has 12 heteroatoms. The van der Waals surface area contributed by atoms with Gasteiger partial charge in [0.15, 0.2) is 22.3 Å². The second-order valence-corrected chi connectivity index (χ2v) is 8.61. The van der Waals surface area contributed by atoms with Gasteiger partial charge in [0.1, 0.15) is 11.2 Å². The summed E-state index contributed by atoms with van der Waals surface area (Å²) in [5.41, 5.74) is 0.0644. The third-order valence-corrected chi connectivity index (χ3v) is 6.75. The minimum Gasteiger partial charge on any atom is -0.493 e. The Hall–Kier alpha value is -3.67. The van der Waals surface area contributed by atoms with Crippen LogP contribution < -0.4 is 25.6 Å². The van der Waals surface area contributed by atoms with Crippen molar-refractivity contribution in [3.8, 4) is 22.9 Å². The van der Waals surface area contributed by atoms with Crippen molar-refractivity contribution in [2.45, 2.75) is 19.4 Å². The van der Waals surface area contributed by atoms with E-state index in [0.717, 1.165) is 35.6 Å². The van der Waals surface area contributed by atoms with Gasteiger partial charge in [0.05, 0.1) is 19.8 Å². The fourth-order valence-electron chi connectivity index (χ4n) is 3.95. The van der Waals surface area contributed by atoms with Gasteiger partial charge < -0.3 is 18.9 Å². The second-order valence-electron chi connectivity index (χ2n) is 7.63. The van der Waals surface area contributed by atoms with Crippen LogP contribution in [-0.2, 0) is 13.6 Å². The van der Waals surface area contributed by atoms with E-state index in [1.54, 1.807) is 25.3 Å². The molecule has 0 amide bonds. The Bertz CT molecular complexity index is 1450. The van der Waals surface area contributed by atoms with Crippen LogP contribution >= 0.6 is 11.3 Å². The Morgan fingerprint density at radius 3 is 2.64 bits per heavy atom. The van der Waals surface area contributed by atoms with Crippen LogP contribution in [0.25, 0.3) is 21.7 Å². The molecule has 0 unspecified atom stereocenters. The second kappa shape index (κ2) is 8.35. The summed E-state index contributed by atoms with van der Waals surface area (Å²) in [6.45, 7) is 1.76. The van der Waals surface area contributed by atoms with Crippen LogP contribution in [0.1, 0.15) is 18.7 Å². The molecule has 33 heavy (non-hydrogen) atoms. The zero-order chi connectivity index (χ0) is 23.1. The van der Waals surface area contributed by atoms with E-state index < -0.39 is 5.69 Å². The number of benzene rings is 1. The number of anilines is 1. The molecule has 0 N–H and O–H groups in total. The highest BCUT2D eigenvalue weighted by Gasteiger charge is 2.23. The Labute approximate surface area is 191 Å². The maximum atomic E-state index is 12.9. The molecule has 5 rings (SSSR count). The van der Waals surface area contributed by atoms with E-state index in [1.807, 2.05) is 0 Å². The van der Waals surface area contributed by atoms with Crippen LogP contribution in [0.15, 0.2) is 32.3 Å². The molecule has 0 aliphatic carbocycles. The van der Waals surface area contributed by atoms with E-state index >= 15 is 0 Å². The van der Waals surface area contributed by atoms with Gasteiger partial charge in [0.25, 0.3) is 5.56 Å². The topological polar surface area (TPSA) is 118 Å². The summed E-state index contributed by atoms with van der Waals surface area (Å²) < 4.78 is 19.1. The van der Waals surface area contributed by atoms with Gasteiger partial charge in [-0.1, -0.05) is 22.6 Å². The third-order valence-electron chi connectivity index (χ3n) is 5.65. The number of ether oxygens (including phenoxy) is 2. The van der Waals surface area contributed by atoms with Crippen LogP contribution in [0.2, 0.25) is 0 Å². The summed E-state index contributed by atoms with van der Waals surface area (Å²) in [6.07, 6.45) is 2.17. The molecule has 1 saturated heterocycles. The highest BCUT2D eigenvalue weighted by atomic mass is 32.1. The Morgan fingerprint density at radius 1 is 1.12 bits per heavy atom. The van der Waals surface area contributed by atoms with E-state index in [4.69, 9.17) is 14.0 Å². The number of fused-ring (bicyclic) bond motifs is 1. The molecule has 1 aromatic carbocycles. The van der Waals surface area contributed by atoms with E-state index in [9.17, 15) is 9.59 Å². The molecule has 0 bridgehead atoms. The first-order valence-electron chi connectivity index (χ1n) is 10.4. The lowest BCUT2D eigenvalue weighted by Crippen LogP contribution is -2.38. The SMILES string of the molecule is COc1cccc(-c2noc(Cn3c(=O)n(C)c(=O)c4sc(N5CCCC5)nc43)n2)c1OC. The van der Waals surface area contributed by atoms with Gasteiger partial charge in [0.2, 0.25) is 11.7 Å². The minimum absolute atomic E-state index is 0.0219. The summed E-state index contributed by atoms with van der Waals surface area (Å²) in [4.78, 5) is 36.9. The van der Waals surface area contributed by atoms with Crippen molar-refractivity contribution in [3.05, 3.63) is 44.9 Å². The zero-order valence-corrected chi connectivity index (χ0v) is 19.2. The summed E-state index contributed by atoms with van der Waals surface area (Å²) in [5.74, 6) is 1.51. The molecule has 4 heterocycles. The smallest absolute Gasteiger partial charge is 0.332 e. The molecule has 0 radical (unpaired) electrons. The van der Waals surface area contributed by atoms with Gasteiger partial charge in [0, 0.05) is 20.1 Å². The average Bonchev–Trinajstić information content (AvgIpc) is 3.60. The number of nitrogens with zero attached hydrogens (tertiary/aromatic N) is 6. The van der Waals surface area contributed by atoms with Crippen LogP contribution in [0, 0.1) is 0 Å². The van der Waals surface area contributed by atoms with Crippen molar-refractivity contribution in [3.63, 3.8) is 0 Å². The molecule has 0 saturated carbocycles. The maximum absolute atomic E-state index is 12.9. The fraction of sp³-hybridized carbons (Fsp3) is 0.381. The lowest BCUT2D eigenvalue weighted by molar-refractivity contribution is 0.354. The molecular weight excluding hydrogens is 448 g/mol. The Balaban J connectivity index is 1.56. The molecule has 0 atom stereocenters. The number of rotatable bonds is 6. The van der Waals surface area contributed by atoms with Crippen molar-refractivity contribution < 1.29 is 14.0 Å². The monoisotopic (exact) mass is 470 g/mol. The Morgan fingerprint density at radius 2 is 1.91 bits per heavy atom. The highest BCUT2D eigenvalue weighted by molar-refractivity contribution is 7.22. The maximum Gasteiger partial charge on any atom is 0.332 e. The normalized spacial score (nSPS) is 13.7. The molecule has 172 valence electrons. The fourth-order valence-corrected chi connectivity index (χ4v) is 5.05. The number of methoxy groups -OCH3 is 2. The third kappa shape index (κ3) is 3.55. The van der Waals surface area contributed by atoms with Gasteiger partial charge in [-0.3, -0.25) is 13.9 Å². The molecule has 4 aromatic rings.